The molecule has 2 atom stereocenters. The molecule has 2 unspecified atom stereocenters. The van der Waals surface area contributed by atoms with E-state index in [0.29, 0.717) is 12.1 Å². The van der Waals surface area contributed by atoms with Crippen LogP contribution in [0.15, 0.2) is 11.6 Å². The summed E-state index contributed by atoms with van der Waals surface area (Å²) in [6.45, 7) is 4.81. The first kappa shape index (κ1) is 10.9. The van der Waals surface area contributed by atoms with Crippen molar-refractivity contribution in [3.05, 3.63) is 11.6 Å². The van der Waals surface area contributed by atoms with Gasteiger partial charge in [0.2, 0.25) is 0 Å². The standard InChI is InChI=1S/C10H17N3OS/c1-8(13-10-12-3-5-15-10)6-9-7-14-4-2-11-9/h3,5,8-9,11H,2,4,6-7H2,1H3,(H,12,13). The molecule has 0 aromatic carbocycles. The van der Waals surface area contributed by atoms with Crippen LogP contribution in [0.2, 0.25) is 0 Å². The Morgan fingerprint density at radius 1 is 1.80 bits per heavy atom. The second-order valence-electron chi connectivity index (χ2n) is 3.84. The summed E-state index contributed by atoms with van der Waals surface area (Å²) in [5.74, 6) is 0. The van der Waals surface area contributed by atoms with Gasteiger partial charge in [-0.25, -0.2) is 4.98 Å². The third-order valence-corrected chi connectivity index (χ3v) is 3.14. The van der Waals surface area contributed by atoms with Crippen molar-refractivity contribution in [1.29, 1.82) is 0 Å². The number of aromatic nitrogens is 1. The molecule has 4 nitrogen and oxygen atoms in total. The van der Waals surface area contributed by atoms with Crippen LogP contribution in [-0.2, 0) is 4.74 Å². The van der Waals surface area contributed by atoms with Crippen LogP contribution in [0, 0.1) is 0 Å². The fourth-order valence-electron chi connectivity index (χ4n) is 1.76. The molecule has 15 heavy (non-hydrogen) atoms. The van der Waals surface area contributed by atoms with E-state index in [2.05, 4.69) is 22.5 Å². The van der Waals surface area contributed by atoms with Gasteiger partial charge in [-0.15, -0.1) is 11.3 Å². The molecule has 2 rings (SSSR count). The molecule has 84 valence electrons. The summed E-state index contributed by atoms with van der Waals surface area (Å²) in [5.41, 5.74) is 0. The number of anilines is 1. The molecule has 0 spiro atoms. The molecule has 0 bridgehead atoms. The monoisotopic (exact) mass is 227 g/mol. The summed E-state index contributed by atoms with van der Waals surface area (Å²) in [4.78, 5) is 4.21. The zero-order valence-electron chi connectivity index (χ0n) is 8.90. The molecule has 5 heteroatoms. The first-order valence-electron chi connectivity index (χ1n) is 5.32. The largest absolute Gasteiger partial charge is 0.379 e. The Hall–Kier alpha value is -0.650. The first-order valence-corrected chi connectivity index (χ1v) is 6.19. The highest BCUT2D eigenvalue weighted by atomic mass is 32.1. The molecular formula is C10H17N3OS. The Bertz CT molecular complexity index is 272. The van der Waals surface area contributed by atoms with E-state index >= 15 is 0 Å². The zero-order valence-corrected chi connectivity index (χ0v) is 9.72. The van der Waals surface area contributed by atoms with Crippen molar-refractivity contribution < 1.29 is 4.74 Å². The molecule has 1 aromatic rings. The van der Waals surface area contributed by atoms with Gasteiger partial charge in [0.05, 0.1) is 13.2 Å². The van der Waals surface area contributed by atoms with Crippen LogP contribution in [0.5, 0.6) is 0 Å². The molecule has 0 aliphatic carbocycles. The number of nitrogens with one attached hydrogen (secondary N) is 2. The molecule has 1 saturated heterocycles. The molecule has 1 aliphatic heterocycles. The van der Waals surface area contributed by atoms with E-state index in [1.165, 1.54) is 0 Å². The Morgan fingerprint density at radius 3 is 3.40 bits per heavy atom. The maximum atomic E-state index is 5.41. The van der Waals surface area contributed by atoms with Crippen molar-refractivity contribution in [2.75, 3.05) is 25.1 Å². The van der Waals surface area contributed by atoms with Crippen LogP contribution in [0.1, 0.15) is 13.3 Å². The van der Waals surface area contributed by atoms with Crippen molar-refractivity contribution >= 4 is 16.5 Å². The maximum absolute atomic E-state index is 5.41. The number of morpholine rings is 1. The molecule has 0 saturated carbocycles. The lowest BCUT2D eigenvalue weighted by Gasteiger charge is -2.26. The van der Waals surface area contributed by atoms with Gasteiger partial charge in [0.25, 0.3) is 0 Å². The number of thiazole rings is 1. The summed E-state index contributed by atoms with van der Waals surface area (Å²) in [6.07, 6.45) is 2.89. The second-order valence-corrected chi connectivity index (χ2v) is 4.74. The smallest absolute Gasteiger partial charge is 0.182 e. The Kier molecular flexibility index (Phi) is 3.94. The average molecular weight is 227 g/mol. The van der Waals surface area contributed by atoms with Gasteiger partial charge in [-0.3, -0.25) is 0 Å². The fourth-order valence-corrected chi connectivity index (χ4v) is 2.40. The van der Waals surface area contributed by atoms with Crippen molar-refractivity contribution in [1.82, 2.24) is 10.3 Å². The van der Waals surface area contributed by atoms with E-state index in [0.717, 1.165) is 31.3 Å². The maximum Gasteiger partial charge on any atom is 0.182 e. The third-order valence-electron chi connectivity index (χ3n) is 2.44. The summed E-state index contributed by atoms with van der Waals surface area (Å²) < 4.78 is 5.41. The zero-order chi connectivity index (χ0) is 10.5. The lowest BCUT2D eigenvalue weighted by atomic mass is 10.1. The minimum Gasteiger partial charge on any atom is -0.379 e. The van der Waals surface area contributed by atoms with Gasteiger partial charge in [-0.1, -0.05) is 0 Å². The number of hydrogen-bond donors (Lipinski definition) is 2. The van der Waals surface area contributed by atoms with E-state index in [-0.39, 0.29) is 0 Å². The second kappa shape index (κ2) is 5.44. The minimum absolute atomic E-state index is 0.426. The molecule has 2 N–H and O–H groups in total. The predicted molar refractivity (Wildman–Crippen MR) is 62.4 cm³/mol. The summed E-state index contributed by atoms with van der Waals surface area (Å²) in [6, 6.07) is 0.900. The Balaban J connectivity index is 1.74. The van der Waals surface area contributed by atoms with E-state index < -0.39 is 0 Å². The molecule has 1 aliphatic rings. The van der Waals surface area contributed by atoms with Crippen LogP contribution in [0.4, 0.5) is 5.13 Å². The molecular weight excluding hydrogens is 210 g/mol. The van der Waals surface area contributed by atoms with Crippen LogP contribution >= 0.6 is 11.3 Å². The molecule has 2 heterocycles. The lowest BCUT2D eigenvalue weighted by Crippen LogP contribution is -2.43. The van der Waals surface area contributed by atoms with Crippen LogP contribution in [0.25, 0.3) is 0 Å². The summed E-state index contributed by atoms with van der Waals surface area (Å²) in [5, 5.41) is 9.81. The molecule has 1 aromatic heterocycles. The SMILES string of the molecule is CC(CC1COCCN1)Nc1nccs1. The van der Waals surface area contributed by atoms with Gasteiger partial charge >= 0.3 is 0 Å². The van der Waals surface area contributed by atoms with Crippen molar-refractivity contribution in [2.24, 2.45) is 0 Å². The number of nitrogens with zero attached hydrogens (tertiary/aromatic N) is 1. The molecule has 0 amide bonds. The van der Waals surface area contributed by atoms with Crippen LogP contribution in [-0.4, -0.2) is 36.8 Å². The van der Waals surface area contributed by atoms with E-state index in [1.807, 2.05) is 11.6 Å². The van der Waals surface area contributed by atoms with Gasteiger partial charge < -0.3 is 15.4 Å². The van der Waals surface area contributed by atoms with Gasteiger partial charge in [-0.2, -0.15) is 0 Å². The fraction of sp³-hybridized carbons (Fsp3) is 0.700. The number of ether oxygens (including phenoxy) is 1. The highest BCUT2D eigenvalue weighted by Gasteiger charge is 2.16. The van der Waals surface area contributed by atoms with E-state index in [1.54, 1.807) is 11.3 Å². The van der Waals surface area contributed by atoms with Gasteiger partial charge in [-0.05, 0) is 13.3 Å². The summed E-state index contributed by atoms with van der Waals surface area (Å²) in [7, 11) is 0. The average Bonchev–Trinajstić information content (AvgIpc) is 2.71. The normalized spacial score (nSPS) is 23.7. The van der Waals surface area contributed by atoms with Gasteiger partial charge in [0, 0.05) is 30.2 Å². The number of rotatable bonds is 4. The van der Waals surface area contributed by atoms with E-state index in [9.17, 15) is 0 Å². The molecule has 1 fully saturated rings. The minimum atomic E-state index is 0.426. The van der Waals surface area contributed by atoms with Gasteiger partial charge in [0.1, 0.15) is 0 Å². The Labute approximate surface area is 94.1 Å². The first-order chi connectivity index (χ1) is 7.34. The quantitative estimate of drug-likeness (QED) is 0.814. The van der Waals surface area contributed by atoms with Crippen LogP contribution < -0.4 is 10.6 Å². The molecule has 0 radical (unpaired) electrons. The van der Waals surface area contributed by atoms with Gasteiger partial charge in [0.15, 0.2) is 5.13 Å². The topological polar surface area (TPSA) is 46.2 Å². The van der Waals surface area contributed by atoms with Crippen LogP contribution in [0.3, 0.4) is 0 Å². The lowest BCUT2D eigenvalue weighted by molar-refractivity contribution is 0.0731. The van der Waals surface area contributed by atoms with E-state index in [4.69, 9.17) is 4.74 Å². The highest BCUT2D eigenvalue weighted by molar-refractivity contribution is 7.13. The number of hydrogen-bond acceptors (Lipinski definition) is 5. The summed E-state index contributed by atoms with van der Waals surface area (Å²) >= 11 is 1.64. The third kappa shape index (κ3) is 3.44. The Morgan fingerprint density at radius 2 is 2.73 bits per heavy atom. The highest BCUT2D eigenvalue weighted by Crippen LogP contribution is 2.14. The van der Waals surface area contributed by atoms with Crippen molar-refractivity contribution in [2.45, 2.75) is 25.4 Å². The predicted octanol–water partition coefficient (Wildman–Crippen LogP) is 1.32. The van der Waals surface area contributed by atoms with Crippen molar-refractivity contribution in [3.63, 3.8) is 0 Å². The van der Waals surface area contributed by atoms with Crippen molar-refractivity contribution in [3.8, 4) is 0 Å².